The van der Waals surface area contributed by atoms with Crippen LogP contribution >= 0.6 is 22.6 Å². The highest BCUT2D eigenvalue weighted by molar-refractivity contribution is 14.1. The monoisotopic (exact) mass is 241 g/mol. The number of nitrogens with zero attached hydrogens (tertiary/aromatic N) is 1. The first-order chi connectivity index (χ1) is 4.10. The lowest BCUT2D eigenvalue weighted by Gasteiger charge is -2.34. The number of halogens is 1. The average molecular weight is 241 g/mol. The third-order valence-electron chi connectivity index (χ3n) is 1.43. The van der Waals surface area contributed by atoms with E-state index in [4.69, 9.17) is 4.74 Å². The van der Waals surface area contributed by atoms with E-state index in [1.807, 2.05) is 0 Å². The van der Waals surface area contributed by atoms with Crippen molar-refractivity contribution >= 4 is 22.6 Å². The van der Waals surface area contributed by atoms with Gasteiger partial charge in [-0.2, -0.15) is 0 Å². The molecule has 1 saturated heterocycles. The van der Waals surface area contributed by atoms with Crippen LogP contribution in [0.3, 0.4) is 0 Å². The Morgan fingerprint density at radius 2 is 2.33 bits per heavy atom. The first-order valence-electron chi connectivity index (χ1n) is 3.12. The predicted octanol–water partition coefficient (Wildman–Crippen LogP) is 1.10. The molecule has 0 N–H and O–H groups in total. The molecule has 0 aromatic rings. The van der Waals surface area contributed by atoms with Gasteiger partial charge in [-0.25, -0.2) is 0 Å². The number of morpholine rings is 1. The number of hydrogen-bond acceptors (Lipinski definition) is 2. The van der Waals surface area contributed by atoms with E-state index in [1.54, 1.807) is 0 Å². The van der Waals surface area contributed by atoms with Crippen molar-refractivity contribution < 1.29 is 4.74 Å². The van der Waals surface area contributed by atoms with Crippen molar-refractivity contribution in [2.24, 2.45) is 0 Å². The summed E-state index contributed by atoms with van der Waals surface area (Å²) in [7, 11) is 2.12. The first-order valence-corrected chi connectivity index (χ1v) is 4.19. The van der Waals surface area contributed by atoms with E-state index >= 15 is 0 Å². The highest BCUT2D eigenvalue weighted by Gasteiger charge is 2.26. The Hall–Kier alpha value is 0.650. The normalized spacial score (nSPS) is 39.0. The van der Waals surface area contributed by atoms with Gasteiger partial charge in [-0.05, 0) is 36.6 Å². The highest BCUT2D eigenvalue weighted by Crippen LogP contribution is 2.23. The molecule has 1 fully saturated rings. The maximum Gasteiger partial charge on any atom is 0.128 e. The third-order valence-corrected chi connectivity index (χ3v) is 2.08. The molecule has 0 bridgehead atoms. The van der Waals surface area contributed by atoms with Crippen LogP contribution < -0.4 is 0 Å². The first kappa shape index (κ1) is 7.75. The molecule has 3 heteroatoms. The average Bonchev–Trinajstić information content (AvgIpc) is 1.60. The van der Waals surface area contributed by atoms with Crippen molar-refractivity contribution in [3.63, 3.8) is 0 Å². The topological polar surface area (TPSA) is 12.5 Å². The third kappa shape index (κ3) is 2.39. The quantitative estimate of drug-likeness (QED) is 0.465. The molecule has 1 atom stereocenters. The molecule has 1 unspecified atom stereocenters. The predicted molar refractivity (Wildman–Crippen MR) is 45.9 cm³/mol. The lowest BCUT2D eigenvalue weighted by Crippen LogP contribution is -2.44. The molecule has 0 aromatic carbocycles. The molecular formula is C6H12INO. The Morgan fingerprint density at radius 1 is 1.67 bits per heavy atom. The molecule has 1 heterocycles. The van der Waals surface area contributed by atoms with Gasteiger partial charge in [0.1, 0.15) is 3.61 Å². The Kier molecular flexibility index (Phi) is 2.34. The molecular weight excluding hydrogens is 229 g/mol. The summed E-state index contributed by atoms with van der Waals surface area (Å²) < 4.78 is 5.53. The molecule has 1 aliphatic rings. The van der Waals surface area contributed by atoms with Gasteiger partial charge in [0.05, 0.1) is 6.61 Å². The number of likely N-dealkylation sites (N-methyl/N-ethyl adjacent to an activating group) is 1. The van der Waals surface area contributed by atoms with Crippen LogP contribution in [0, 0.1) is 0 Å². The maximum absolute atomic E-state index is 5.48. The second-order valence-corrected chi connectivity index (χ2v) is 4.97. The summed E-state index contributed by atoms with van der Waals surface area (Å²) in [5.74, 6) is 0. The van der Waals surface area contributed by atoms with Crippen LogP contribution in [-0.2, 0) is 4.74 Å². The van der Waals surface area contributed by atoms with E-state index in [0.29, 0.717) is 0 Å². The molecule has 9 heavy (non-hydrogen) atoms. The van der Waals surface area contributed by atoms with Crippen LogP contribution in [0.4, 0.5) is 0 Å². The minimum atomic E-state index is 0.0464. The van der Waals surface area contributed by atoms with Crippen LogP contribution in [0.2, 0.25) is 0 Å². The van der Waals surface area contributed by atoms with Gasteiger partial charge in [-0.15, -0.1) is 0 Å². The van der Waals surface area contributed by atoms with Crippen LogP contribution in [0.1, 0.15) is 6.92 Å². The van der Waals surface area contributed by atoms with Gasteiger partial charge in [0.2, 0.25) is 0 Å². The van der Waals surface area contributed by atoms with Gasteiger partial charge < -0.3 is 9.64 Å². The SMILES string of the molecule is CN1CCOC(C)(I)C1. The zero-order valence-corrected chi connectivity index (χ0v) is 8.01. The van der Waals surface area contributed by atoms with Gasteiger partial charge >= 0.3 is 0 Å². The minimum Gasteiger partial charge on any atom is -0.362 e. The van der Waals surface area contributed by atoms with Crippen molar-refractivity contribution in [2.45, 2.75) is 10.5 Å². The zero-order chi connectivity index (χ0) is 6.91. The highest BCUT2D eigenvalue weighted by atomic mass is 127. The zero-order valence-electron chi connectivity index (χ0n) is 5.85. The fraction of sp³-hybridized carbons (Fsp3) is 1.00. The Bertz CT molecular complexity index is 105. The summed E-state index contributed by atoms with van der Waals surface area (Å²) in [6.45, 7) is 5.09. The smallest absolute Gasteiger partial charge is 0.128 e. The standard InChI is InChI=1S/C6H12INO/c1-6(7)5-8(2)3-4-9-6/h3-5H2,1-2H3. The molecule has 0 saturated carbocycles. The fourth-order valence-electron chi connectivity index (χ4n) is 1.02. The summed E-state index contributed by atoms with van der Waals surface area (Å²) in [6, 6.07) is 0. The summed E-state index contributed by atoms with van der Waals surface area (Å²) in [6.07, 6.45) is 0. The van der Waals surface area contributed by atoms with Crippen LogP contribution in [0.5, 0.6) is 0 Å². The molecule has 2 nitrogen and oxygen atoms in total. The van der Waals surface area contributed by atoms with E-state index in [1.165, 1.54) is 0 Å². The summed E-state index contributed by atoms with van der Waals surface area (Å²) in [5.41, 5.74) is 0. The van der Waals surface area contributed by atoms with E-state index in [-0.39, 0.29) is 3.61 Å². The molecule has 0 radical (unpaired) electrons. The van der Waals surface area contributed by atoms with Gasteiger partial charge in [0.25, 0.3) is 0 Å². The molecule has 54 valence electrons. The minimum absolute atomic E-state index is 0.0464. The van der Waals surface area contributed by atoms with E-state index in [2.05, 4.69) is 41.5 Å². The van der Waals surface area contributed by atoms with Crippen molar-refractivity contribution in [3.05, 3.63) is 0 Å². The van der Waals surface area contributed by atoms with Gasteiger partial charge in [-0.3, -0.25) is 0 Å². The van der Waals surface area contributed by atoms with E-state index in [9.17, 15) is 0 Å². The van der Waals surface area contributed by atoms with Crippen molar-refractivity contribution in [1.29, 1.82) is 0 Å². The largest absolute Gasteiger partial charge is 0.362 e. The van der Waals surface area contributed by atoms with Gasteiger partial charge in [0, 0.05) is 13.1 Å². The number of rotatable bonds is 0. The Labute approximate surface area is 69.7 Å². The van der Waals surface area contributed by atoms with Crippen molar-refractivity contribution in [3.8, 4) is 0 Å². The molecule has 1 aliphatic heterocycles. The van der Waals surface area contributed by atoms with Crippen LogP contribution in [-0.4, -0.2) is 35.3 Å². The maximum atomic E-state index is 5.48. The summed E-state index contributed by atoms with van der Waals surface area (Å²) in [5, 5.41) is 0. The molecule has 1 rings (SSSR count). The molecule has 0 amide bonds. The second kappa shape index (κ2) is 2.72. The van der Waals surface area contributed by atoms with Crippen molar-refractivity contribution in [2.75, 3.05) is 26.7 Å². The van der Waals surface area contributed by atoms with Crippen molar-refractivity contribution in [1.82, 2.24) is 4.90 Å². The summed E-state index contributed by atoms with van der Waals surface area (Å²) in [4.78, 5) is 2.29. The lowest BCUT2D eigenvalue weighted by molar-refractivity contribution is -0.0202. The molecule has 0 aromatic heterocycles. The van der Waals surface area contributed by atoms with Gasteiger partial charge in [-0.1, -0.05) is 0 Å². The number of ether oxygens (including phenoxy) is 1. The summed E-state index contributed by atoms with van der Waals surface area (Å²) >= 11 is 2.34. The van der Waals surface area contributed by atoms with Crippen LogP contribution in [0.25, 0.3) is 0 Å². The Balaban J connectivity index is 2.41. The number of alkyl halides is 1. The Morgan fingerprint density at radius 3 is 2.67 bits per heavy atom. The lowest BCUT2D eigenvalue weighted by atomic mass is 10.3. The number of hydrogen-bond donors (Lipinski definition) is 0. The van der Waals surface area contributed by atoms with E-state index in [0.717, 1.165) is 19.7 Å². The van der Waals surface area contributed by atoms with Gasteiger partial charge in [0.15, 0.2) is 0 Å². The van der Waals surface area contributed by atoms with E-state index < -0.39 is 0 Å². The van der Waals surface area contributed by atoms with Crippen LogP contribution in [0.15, 0.2) is 0 Å². The molecule has 0 aliphatic carbocycles. The fourth-order valence-corrected chi connectivity index (χ4v) is 1.82. The second-order valence-electron chi connectivity index (χ2n) is 2.69. The molecule has 0 spiro atoms.